The number of nitrogens with two attached hydrogens (primary N) is 2. The molecule has 1 rings (SSSR count). The van der Waals surface area contributed by atoms with Crippen molar-refractivity contribution < 1.29 is 4.79 Å². The normalized spacial score (nSPS) is 14.7. The maximum absolute atomic E-state index is 11.3. The number of hydrogen-bond acceptors (Lipinski definition) is 3. The first kappa shape index (κ1) is 15.7. The Balaban J connectivity index is 3.09. The van der Waals surface area contributed by atoms with Crippen LogP contribution in [0.1, 0.15) is 37.9 Å². The number of rotatable bonds is 6. The fourth-order valence-corrected chi connectivity index (χ4v) is 2.34. The van der Waals surface area contributed by atoms with Crippen LogP contribution >= 0.6 is 0 Å². The topological polar surface area (TPSA) is 72.3 Å². The molecule has 0 spiro atoms. The molecule has 1 amide bonds. The zero-order valence-corrected chi connectivity index (χ0v) is 12.3. The summed E-state index contributed by atoms with van der Waals surface area (Å²) in [6.45, 7) is 8.33. The van der Waals surface area contributed by atoms with Crippen LogP contribution in [0.2, 0.25) is 0 Å². The number of amides is 1. The Kier molecular flexibility index (Phi) is 5.51. The fraction of sp³-hybridized carbons (Fsp3) is 0.533. The number of carbonyl (C=O) groups excluding carboxylic acids is 1. The quantitative estimate of drug-likeness (QED) is 0.818. The van der Waals surface area contributed by atoms with E-state index in [9.17, 15) is 4.79 Å². The lowest BCUT2D eigenvalue weighted by Crippen LogP contribution is -2.46. The summed E-state index contributed by atoms with van der Waals surface area (Å²) in [5.74, 6) is -0.327. The van der Waals surface area contributed by atoms with Gasteiger partial charge in [0, 0.05) is 12.1 Å². The van der Waals surface area contributed by atoms with Crippen LogP contribution in [-0.2, 0) is 4.79 Å². The van der Waals surface area contributed by atoms with Crippen LogP contribution in [0.5, 0.6) is 0 Å². The molecule has 1 aromatic rings. The van der Waals surface area contributed by atoms with Crippen molar-refractivity contribution in [2.45, 2.75) is 45.8 Å². The summed E-state index contributed by atoms with van der Waals surface area (Å²) in [6, 6.07) is 8.38. The minimum atomic E-state index is -0.327. The van der Waals surface area contributed by atoms with Gasteiger partial charge in [-0.15, -0.1) is 0 Å². The van der Waals surface area contributed by atoms with Crippen LogP contribution in [0.4, 0.5) is 0 Å². The van der Waals surface area contributed by atoms with Gasteiger partial charge in [0.2, 0.25) is 5.91 Å². The van der Waals surface area contributed by atoms with E-state index in [1.165, 1.54) is 5.56 Å². The lowest BCUT2D eigenvalue weighted by atomic mass is 9.97. The van der Waals surface area contributed by atoms with Crippen molar-refractivity contribution in [1.82, 2.24) is 4.90 Å². The van der Waals surface area contributed by atoms with Crippen LogP contribution in [0.25, 0.3) is 0 Å². The van der Waals surface area contributed by atoms with Crippen LogP contribution in [0, 0.1) is 6.92 Å². The molecule has 0 aliphatic rings. The Morgan fingerprint density at radius 3 is 2.11 bits per heavy atom. The molecular formula is C15H25N3O. The van der Waals surface area contributed by atoms with E-state index in [1.807, 2.05) is 27.7 Å². The summed E-state index contributed by atoms with van der Waals surface area (Å²) in [6.07, 6.45) is 0. The van der Waals surface area contributed by atoms with Crippen LogP contribution in [0.15, 0.2) is 24.3 Å². The van der Waals surface area contributed by atoms with Crippen molar-refractivity contribution in [2.75, 3.05) is 6.54 Å². The average molecular weight is 263 g/mol. The molecule has 0 aliphatic carbocycles. The molecule has 4 N–H and O–H groups in total. The Bertz CT molecular complexity index is 412. The number of aryl methyl sites for hydroxylation is 1. The first-order chi connectivity index (χ1) is 8.82. The second kappa shape index (κ2) is 6.68. The molecule has 0 fully saturated rings. The molecule has 0 saturated heterocycles. The van der Waals surface area contributed by atoms with E-state index in [-0.39, 0.29) is 30.6 Å². The zero-order chi connectivity index (χ0) is 14.6. The average Bonchev–Trinajstić information content (AvgIpc) is 2.29. The van der Waals surface area contributed by atoms with Gasteiger partial charge in [0.05, 0.1) is 12.6 Å². The molecule has 0 bridgehead atoms. The van der Waals surface area contributed by atoms with Gasteiger partial charge in [0.1, 0.15) is 0 Å². The van der Waals surface area contributed by atoms with Crippen molar-refractivity contribution in [3.8, 4) is 0 Å². The summed E-state index contributed by atoms with van der Waals surface area (Å²) in [4.78, 5) is 13.3. The number of benzene rings is 1. The summed E-state index contributed by atoms with van der Waals surface area (Å²) in [7, 11) is 0. The van der Waals surface area contributed by atoms with E-state index in [1.54, 1.807) is 0 Å². The van der Waals surface area contributed by atoms with Gasteiger partial charge in [0.25, 0.3) is 0 Å². The van der Waals surface area contributed by atoms with Gasteiger partial charge < -0.3 is 11.5 Å². The number of carbonyl (C=O) groups is 1. The summed E-state index contributed by atoms with van der Waals surface area (Å²) in [5.41, 5.74) is 13.8. The molecule has 0 aliphatic heterocycles. The van der Waals surface area contributed by atoms with E-state index in [2.05, 4.69) is 29.2 Å². The summed E-state index contributed by atoms with van der Waals surface area (Å²) in [5, 5.41) is 0. The SMILES string of the molecule is Cc1ccc(C(C(C)N)N(CC(N)=O)C(C)C)cc1. The highest BCUT2D eigenvalue weighted by atomic mass is 16.1. The predicted octanol–water partition coefficient (Wildman–Crippen LogP) is 1.58. The highest BCUT2D eigenvalue weighted by Gasteiger charge is 2.27. The van der Waals surface area contributed by atoms with Crippen molar-refractivity contribution in [3.63, 3.8) is 0 Å². The highest BCUT2D eigenvalue weighted by molar-refractivity contribution is 5.76. The molecule has 0 radical (unpaired) electrons. The van der Waals surface area contributed by atoms with Crippen LogP contribution in [-0.4, -0.2) is 29.4 Å². The number of primary amides is 1. The third-order valence-corrected chi connectivity index (χ3v) is 3.28. The zero-order valence-electron chi connectivity index (χ0n) is 12.3. The minimum absolute atomic E-state index is 0.00639. The molecule has 4 heteroatoms. The van der Waals surface area contributed by atoms with Crippen molar-refractivity contribution in [2.24, 2.45) is 11.5 Å². The van der Waals surface area contributed by atoms with Crippen molar-refractivity contribution in [1.29, 1.82) is 0 Å². The second-order valence-electron chi connectivity index (χ2n) is 5.45. The third kappa shape index (κ3) is 4.33. The molecule has 2 unspecified atom stereocenters. The monoisotopic (exact) mass is 263 g/mol. The van der Waals surface area contributed by atoms with Gasteiger partial charge in [0.15, 0.2) is 0 Å². The summed E-state index contributed by atoms with van der Waals surface area (Å²) >= 11 is 0. The molecule has 19 heavy (non-hydrogen) atoms. The Morgan fingerprint density at radius 2 is 1.74 bits per heavy atom. The first-order valence-electron chi connectivity index (χ1n) is 6.69. The van der Waals surface area contributed by atoms with Gasteiger partial charge in [-0.2, -0.15) is 0 Å². The molecule has 0 heterocycles. The molecule has 4 nitrogen and oxygen atoms in total. The lowest BCUT2D eigenvalue weighted by Gasteiger charge is -2.36. The van der Waals surface area contributed by atoms with Crippen molar-refractivity contribution in [3.05, 3.63) is 35.4 Å². The van der Waals surface area contributed by atoms with E-state index in [0.29, 0.717) is 0 Å². The lowest BCUT2D eigenvalue weighted by molar-refractivity contribution is -0.120. The maximum Gasteiger partial charge on any atom is 0.231 e. The second-order valence-corrected chi connectivity index (χ2v) is 5.45. The molecule has 1 aromatic carbocycles. The Hall–Kier alpha value is -1.39. The van der Waals surface area contributed by atoms with Gasteiger partial charge in [-0.3, -0.25) is 9.69 Å². The van der Waals surface area contributed by atoms with Gasteiger partial charge in [-0.25, -0.2) is 0 Å². The Labute approximate surface area is 115 Å². The summed E-state index contributed by atoms with van der Waals surface area (Å²) < 4.78 is 0. The van der Waals surface area contributed by atoms with Crippen LogP contribution < -0.4 is 11.5 Å². The molecule has 2 atom stereocenters. The van der Waals surface area contributed by atoms with E-state index >= 15 is 0 Å². The number of hydrogen-bond donors (Lipinski definition) is 2. The minimum Gasteiger partial charge on any atom is -0.369 e. The first-order valence-corrected chi connectivity index (χ1v) is 6.69. The molecular weight excluding hydrogens is 238 g/mol. The smallest absolute Gasteiger partial charge is 0.231 e. The van der Waals surface area contributed by atoms with E-state index < -0.39 is 0 Å². The largest absolute Gasteiger partial charge is 0.369 e. The van der Waals surface area contributed by atoms with E-state index in [4.69, 9.17) is 11.5 Å². The highest BCUT2D eigenvalue weighted by Crippen LogP contribution is 2.25. The van der Waals surface area contributed by atoms with Gasteiger partial charge in [-0.1, -0.05) is 29.8 Å². The van der Waals surface area contributed by atoms with Crippen LogP contribution in [0.3, 0.4) is 0 Å². The van der Waals surface area contributed by atoms with Gasteiger partial charge in [-0.05, 0) is 33.3 Å². The molecule has 0 saturated carbocycles. The van der Waals surface area contributed by atoms with Gasteiger partial charge >= 0.3 is 0 Å². The van der Waals surface area contributed by atoms with Crippen molar-refractivity contribution >= 4 is 5.91 Å². The third-order valence-electron chi connectivity index (χ3n) is 3.28. The molecule has 106 valence electrons. The molecule has 0 aromatic heterocycles. The van der Waals surface area contributed by atoms with E-state index in [0.717, 1.165) is 5.56 Å². The standard InChI is InChI=1S/C15H25N3O/c1-10(2)18(9-14(17)19)15(12(4)16)13-7-5-11(3)6-8-13/h5-8,10,12,15H,9,16H2,1-4H3,(H2,17,19). The fourth-order valence-electron chi connectivity index (χ4n) is 2.34. The Morgan fingerprint density at radius 1 is 1.21 bits per heavy atom. The maximum atomic E-state index is 11.3. The predicted molar refractivity (Wildman–Crippen MR) is 78.6 cm³/mol. The number of nitrogens with zero attached hydrogens (tertiary/aromatic N) is 1.